The number of rotatable bonds is 4. The fourth-order valence-electron chi connectivity index (χ4n) is 2.50. The number of nitrogens with one attached hydrogen (secondary N) is 1. The summed E-state index contributed by atoms with van der Waals surface area (Å²) in [6.45, 7) is 0. The molecule has 1 heterocycles. The number of carbonyl (C=O) groups is 1. The SMILES string of the molecule is N#CC(Cc1ccncc1)C(=O)NC1CCCCC1. The molecule has 0 radical (unpaired) electrons. The van der Waals surface area contributed by atoms with Gasteiger partial charge in [0.15, 0.2) is 0 Å². The Morgan fingerprint density at radius 1 is 1.37 bits per heavy atom. The number of hydrogen-bond acceptors (Lipinski definition) is 3. The maximum absolute atomic E-state index is 12.1. The molecule has 0 spiro atoms. The van der Waals surface area contributed by atoms with Gasteiger partial charge in [-0.2, -0.15) is 5.26 Å². The van der Waals surface area contributed by atoms with E-state index < -0.39 is 5.92 Å². The van der Waals surface area contributed by atoms with Crippen molar-refractivity contribution in [2.45, 2.75) is 44.6 Å². The largest absolute Gasteiger partial charge is 0.352 e. The van der Waals surface area contributed by atoms with Gasteiger partial charge in [-0.3, -0.25) is 9.78 Å². The zero-order chi connectivity index (χ0) is 13.5. The summed E-state index contributed by atoms with van der Waals surface area (Å²) in [5.74, 6) is -0.740. The molecule has 4 heteroatoms. The molecule has 1 amide bonds. The quantitative estimate of drug-likeness (QED) is 0.899. The highest BCUT2D eigenvalue weighted by Gasteiger charge is 2.22. The van der Waals surface area contributed by atoms with Gasteiger partial charge in [0.1, 0.15) is 5.92 Å². The molecule has 0 bridgehead atoms. The Kier molecular flexibility index (Phi) is 4.91. The number of pyridine rings is 1. The first kappa shape index (κ1) is 13.5. The van der Waals surface area contributed by atoms with Gasteiger partial charge < -0.3 is 5.32 Å². The van der Waals surface area contributed by atoms with Crippen LogP contribution in [-0.4, -0.2) is 16.9 Å². The van der Waals surface area contributed by atoms with Crippen LogP contribution in [0.25, 0.3) is 0 Å². The number of carbonyl (C=O) groups excluding carboxylic acids is 1. The third-order valence-electron chi connectivity index (χ3n) is 3.61. The van der Waals surface area contributed by atoms with Gasteiger partial charge in [-0.15, -0.1) is 0 Å². The van der Waals surface area contributed by atoms with Gasteiger partial charge in [0, 0.05) is 18.4 Å². The number of aromatic nitrogens is 1. The Morgan fingerprint density at radius 2 is 2.05 bits per heavy atom. The average Bonchev–Trinajstić information content (AvgIpc) is 2.47. The van der Waals surface area contributed by atoms with Crippen molar-refractivity contribution in [3.05, 3.63) is 30.1 Å². The van der Waals surface area contributed by atoms with Gasteiger partial charge >= 0.3 is 0 Å². The van der Waals surface area contributed by atoms with E-state index in [0.29, 0.717) is 6.42 Å². The van der Waals surface area contributed by atoms with Crippen LogP contribution >= 0.6 is 0 Å². The van der Waals surface area contributed by atoms with E-state index in [-0.39, 0.29) is 11.9 Å². The number of nitriles is 1. The molecule has 1 unspecified atom stereocenters. The highest BCUT2D eigenvalue weighted by Crippen LogP contribution is 2.18. The zero-order valence-electron chi connectivity index (χ0n) is 11.0. The Hall–Kier alpha value is -1.89. The molecule has 2 rings (SSSR count). The predicted molar refractivity (Wildman–Crippen MR) is 72.1 cm³/mol. The summed E-state index contributed by atoms with van der Waals surface area (Å²) in [6.07, 6.45) is 9.51. The van der Waals surface area contributed by atoms with Crippen LogP contribution in [-0.2, 0) is 11.2 Å². The zero-order valence-corrected chi connectivity index (χ0v) is 11.0. The van der Waals surface area contributed by atoms with Crippen molar-refractivity contribution in [3.63, 3.8) is 0 Å². The normalized spacial score (nSPS) is 17.4. The molecule has 1 fully saturated rings. The summed E-state index contributed by atoms with van der Waals surface area (Å²) in [5.41, 5.74) is 0.973. The Morgan fingerprint density at radius 3 is 2.68 bits per heavy atom. The second-order valence-electron chi connectivity index (χ2n) is 5.08. The molecule has 1 aliphatic rings. The molecule has 1 aliphatic carbocycles. The fourth-order valence-corrected chi connectivity index (χ4v) is 2.50. The van der Waals surface area contributed by atoms with Crippen molar-refractivity contribution >= 4 is 5.91 Å². The monoisotopic (exact) mass is 257 g/mol. The summed E-state index contributed by atoms with van der Waals surface area (Å²) in [6, 6.07) is 6.06. The first-order chi connectivity index (χ1) is 9.29. The predicted octanol–water partition coefficient (Wildman–Crippen LogP) is 2.21. The summed E-state index contributed by atoms with van der Waals surface area (Å²) < 4.78 is 0. The van der Waals surface area contributed by atoms with Crippen LogP contribution in [0.1, 0.15) is 37.7 Å². The van der Waals surface area contributed by atoms with Gasteiger partial charge in [0.2, 0.25) is 5.91 Å². The molecule has 1 atom stereocenters. The number of amides is 1. The minimum absolute atomic E-state index is 0.133. The summed E-state index contributed by atoms with van der Waals surface area (Å²) in [5, 5.41) is 12.2. The van der Waals surface area contributed by atoms with Crippen molar-refractivity contribution in [1.82, 2.24) is 10.3 Å². The molecule has 1 saturated carbocycles. The molecule has 19 heavy (non-hydrogen) atoms. The number of hydrogen-bond donors (Lipinski definition) is 1. The summed E-state index contributed by atoms with van der Waals surface area (Å²) in [4.78, 5) is 16.0. The van der Waals surface area contributed by atoms with Crippen LogP contribution in [0.15, 0.2) is 24.5 Å². The average molecular weight is 257 g/mol. The van der Waals surface area contributed by atoms with E-state index >= 15 is 0 Å². The van der Waals surface area contributed by atoms with Crippen molar-refractivity contribution in [1.29, 1.82) is 5.26 Å². The molecule has 1 aromatic rings. The topological polar surface area (TPSA) is 65.8 Å². The highest BCUT2D eigenvalue weighted by atomic mass is 16.1. The smallest absolute Gasteiger partial charge is 0.237 e. The Labute approximate surface area is 113 Å². The van der Waals surface area contributed by atoms with Crippen LogP contribution < -0.4 is 5.32 Å². The second-order valence-corrected chi connectivity index (χ2v) is 5.08. The van der Waals surface area contributed by atoms with Crippen LogP contribution in [0.3, 0.4) is 0 Å². The highest BCUT2D eigenvalue weighted by molar-refractivity contribution is 5.81. The third kappa shape index (κ3) is 4.06. The van der Waals surface area contributed by atoms with Gasteiger partial charge in [-0.05, 0) is 37.0 Å². The van der Waals surface area contributed by atoms with E-state index in [1.807, 2.05) is 12.1 Å². The van der Waals surface area contributed by atoms with Crippen molar-refractivity contribution in [2.24, 2.45) is 5.92 Å². The van der Waals surface area contributed by atoms with E-state index in [1.54, 1.807) is 12.4 Å². The maximum Gasteiger partial charge on any atom is 0.237 e. The molecule has 1 N–H and O–H groups in total. The third-order valence-corrected chi connectivity index (χ3v) is 3.61. The molecule has 0 saturated heterocycles. The van der Waals surface area contributed by atoms with E-state index in [1.165, 1.54) is 19.3 Å². The van der Waals surface area contributed by atoms with Crippen molar-refractivity contribution in [2.75, 3.05) is 0 Å². The molecular formula is C15H19N3O. The van der Waals surface area contributed by atoms with Crippen LogP contribution in [0, 0.1) is 17.2 Å². The maximum atomic E-state index is 12.1. The molecule has 4 nitrogen and oxygen atoms in total. The van der Waals surface area contributed by atoms with Crippen molar-refractivity contribution < 1.29 is 4.79 Å². The lowest BCUT2D eigenvalue weighted by Gasteiger charge is -2.23. The van der Waals surface area contributed by atoms with Crippen LogP contribution in [0.4, 0.5) is 0 Å². The van der Waals surface area contributed by atoms with Gasteiger partial charge in [-0.25, -0.2) is 0 Å². The lowest BCUT2D eigenvalue weighted by Crippen LogP contribution is -2.40. The lowest BCUT2D eigenvalue weighted by molar-refractivity contribution is -0.124. The summed E-state index contributed by atoms with van der Waals surface area (Å²) >= 11 is 0. The van der Waals surface area contributed by atoms with Gasteiger partial charge in [-0.1, -0.05) is 19.3 Å². The van der Waals surface area contributed by atoms with Crippen molar-refractivity contribution in [3.8, 4) is 6.07 Å². The minimum atomic E-state index is -0.607. The molecular weight excluding hydrogens is 238 g/mol. The Bertz CT molecular complexity index is 446. The minimum Gasteiger partial charge on any atom is -0.352 e. The van der Waals surface area contributed by atoms with E-state index in [0.717, 1.165) is 18.4 Å². The van der Waals surface area contributed by atoms with Gasteiger partial charge in [0.05, 0.1) is 6.07 Å². The lowest BCUT2D eigenvalue weighted by atomic mass is 9.94. The molecule has 1 aromatic heterocycles. The van der Waals surface area contributed by atoms with Gasteiger partial charge in [0.25, 0.3) is 0 Å². The first-order valence-electron chi connectivity index (χ1n) is 6.88. The molecule has 100 valence electrons. The second kappa shape index (κ2) is 6.89. The first-order valence-corrected chi connectivity index (χ1v) is 6.88. The number of nitrogens with zero attached hydrogens (tertiary/aromatic N) is 2. The van der Waals surface area contributed by atoms with Crippen LogP contribution in [0.5, 0.6) is 0 Å². The fraction of sp³-hybridized carbons (Fsp3) is 0.533. The van der Waals surface area contributed by atoms with Crippen LogP contribution in [0.2, 0.25) is 0 Å². The van der Waals surface area contributed by atoms with E-state index in [2.05, 4.69) is 16.4 Å². The Balaban J connectivity index is 1.90. The standard InChI is InChI=1S/C15H19N3O/c16-11-13(10-12-6-8-17-9-7-12)15(19)18-14-4-2-1-3-5-14/h6-9,13-14H,1-5,10H2,(H,18,19). The summed E-state index contributed by atoms with van der Waals surface area (Å²) in [7, 11) is 0. The molecule has 0 aliphatic heterocycles. The van der Waals surface area contributed by atoms with E-state index in [4.69, 9.17) is 5.26 Å². The van der Waals surface area contributed by atoms with E-state index in [9.17, 15) is 4.79 Å². The molecule has 0 aromatic carbocycles.